The van der Waals surface area contributed by atoms with Crippen molar-refractivity contribution in [3.05, 3.63) is 86.0 Å². The lowest BCUT2D eigenvalue weighted by atomic mass is 10.2. The van der Waals surface area contributed by atoms with Gasteiger partial charge in [0.1, 0.15) is 5.56 Å². The van der Waals surface area contributed by atoms with Gasteiger partial charge in [-0.15, -0.1) is 0 Å². The number of para-hydroxylation sites is 1. The molecule has 2 aromatic carbocycles. The van der Waals surface area contributed by atoms with Crippen LogP contribution in [0.1, 0.15) is 12.5 Å². The Morgan fingerprint density at radius 1 is 1.14 bits per heavy atom. The molecule has 0 fully saturated rings. The minimum Gasteiger partial charge on any atom is -0.493 e. The average molecular weight is 430 g/mol. The fourth-order valence-corrected chi connectivity index (χ4v) is 2.84. The second-order valence-corrected chi connectivity index (χ2v) is 6.74. The molecule has 0 bridgehead atoms. The fraction of sp³-hybridized carbons (Fsp3) is 0.0526. The van der Waals surface area contributed by atoms with Crippen molar-refractivity contribution < 1.29 is 5.11 Å². The summed E-state index contributed by atoms with van der Waals surface area (Å²) in [4.78, 5) is 26.7. The molecule has 0 aliphatic heterocycles. The maximum absolute atomic E-state index is 12.3. The van der Waals surface area contributed by atoms with Crippen LogP contribution in [0.3, 0.4) is 0 Å². The summed E-state index contributed by atoms with van der Waals surface area (Å²) >= 11 is 11.0. The number of hydrogen-bond acceptors (Lipinski definition) is 5. The summed E-state index contributed by atoms with van der Waals surface area (Å²) in [5.74, 6) is -0.550. The van der Waals surface area contributed by atoms with Crippen molar-refractivity contribution in [1.82, 2.24) is 15.0 Å². The Balaban J connectivity index is 1.91. The SMILES string of the molecule is C/C(=N\NC(=S)Nc1ccccc1)c1c(O)n(-c2ccc(Cl)cc2)c(=O)[nH]c1=O. The monoisotopic (exact) mass is 429 g/mol. The smallest absolute Gasteiger partial charge is 0.335 e. The molecule has 0 aliphatic rings. The van der Waals surface area contributed by atoms with Crippen LogP contribution in [0.25, 0.3) is 5.69 Å². The number of aromatic hydroxyl groups is 1. The molecule has 0 saturated heterocycles. The van der Waals surface area contributed by atoms with Gasteiger partial charge in [0.15, 0.2) is 5.11 Å². The van der Waals surface area contributed by atoms with Crippen LogP contribution < -0.4 is 22.0 Å². The summed E-state index contributed by atoms with van der Waals surface area (Å²) in [7, 11) is 0. The second-order valence-electron chi connectivity index (χ2n) is 5.90. The number of hydrogen-bond donors (Lipinski definition) is 4. The van der Waals surface area contributed by atoms with Gasteiger partial charge < -0.3 is 10.4 Å². The van der Waals surface area contributed by atoms with Crippen LogP contribution >= 0.6 is 23.8 Å². The Labute approximate surface area is 175 Å². The number of aromatic amines is 1. The summed E-state index contributed by atoms with van der Waals surface area (Å²) in [5.41, 5.74) is 2.08. The van der Waals surface area contributed by atoms with Crippen LogP contribution in [-0.2, 0) is 0 Å². The first kappa shape index (κ1) is 20.3. The highest BCUT2D eigenvalue weighted by Gasteiger charge is 2.18. The number of halogens is 1. The highest BCUT2D eigenvalue weighted by molar-refractivity contribution is 7.80. The Morgan fingerprint density at radius 3 is 2.45 bits per heavy atom. The van der Waals surface area contributed by atoms with Gasteiger partial charge in [0.2, 0.25) is 5.88 Å². The topological polar surface area (TPSA) is 112 Å². The zero-order valence-electron chi connectivity index (χ0n) is 15.1. The predicted molar refractivity (Wildman–Crippen MR) is 117 cm³/mol. The third-order valence-corrected chi connectivity index (χ3v) is 4.33. The molecule has 0 amide bonds. The maximum Gasteiger partial charge on any atom is 0.335 e. The molecule has 0 atom stereocenters. The van der Waals surface area contributed by atoms with Gasteiger partial charge in [0.25, 0.3) is 5.56 Å². The Bertz CT molecular complexity index is 1190. The molecule has 4 N–H and O–H groups in total. The van der Waals surface area contributed by atoms with Crippen molar-refractivity contribution in [1.29, 1.82) is 0 Å². The lowest BCUT2D eigenvalue weighted by Crippen LogP contribution is -2.33. The van der Waals surface area contributed by atoms with Crippen LogP contribution in [0.2, 0.25) is 5.02 Å². The van der Waals surface area contributed by atoms with Crippen molar-refractivity contribution in [3.8, 4) is 11.6 Å². The molecule has 0 spiro atoms. The number of benzene rings is 2. The number of H-pyrrole nitrogens is 1. The number of nitrogens with zero attached hydrogens (tertiary/aromatic N) is 2. The van der Waals surface area contributed by atoms with Crippen LogP contribution in [0, 0.1) is 0 Å². The van der Waals surface area contributed by atoms with E-state index in [9.17, 15) is 14.7 Å². The molecule has 148 valence electrons. The quantitative estimate of drug-likeness (QED) is 0.288. The lowest BCUT2D eigenvalue weighted by Gasteiger charge is -2.12. The number of aromatic nitrogens is 2. The third kappa shape index (κ3) is 4.71. The van der Waals surface area contributed by atoms with E-state index in [1.807, 2.05) is 30.3 Å². The first-order valence-electron chi connectivity index (χ1n) is 8.38. The zero-order chi connectivity index (χ0) is 21.0. The first-order valence-corrected chi connectivity index (χ1v) is 9.16. The number of rotatable bonds is 4. The third-order valence-electron chi connectivity index (χ3n) is 3.89. The van der Waals surface area contributed by atoms with E-state index in [0.29, 0.717) is 10.7 Å². The van der Waals surface area contributed by atoms with Gasteiger partial charge in [-0.05, 0) is 55.5 Å². The fourth-order valence-electron chi connectivity index (χ4n) is 2.55. The molecular formula is C19H16ClN5O3S. The van der Waals surface area contributed by atoms with Crippen molar-refractivity contribution >= 4 is 40.3 Å². The molecule has 1 heterocycles. The van der Waals surface area contributed by atoms with Gasteiger partial charge in [-0.2, -0.15) is 5.10 Å². The number of nitrogens with one attached hydrogen (secondary N) is 3. The maximum atomic E-state index is 12.3. The van der Waals surface area contributed by atoms with Crippen LogP contribution in [0.15, 0.2) is 69.3 Å². The van der Waals surface area contributed by atoms with E-state index in [1.165, 1.54) is 19.1 Å². The molecule has 3 rings (SSSR count). The van der Waals surface area contributed by atoms with E-state index in [2.05, 4.69) is 20.8 Å². The number of thiocarbonyl (C=S) groups is 1. The molecule has 3 aromatic rings. The zero-order valence-corrected chi connectivity index (χ0v) is 16.7. The highest BCUT2D eigenvalue weighted by atomic mass is 35.5. The summed E-state index contributed by atoms with van der Waals surface area (Å²) in [5, 5.41) is 18.2. The Kier molecular flexibility index (Phi) is 6.10. The minimum absolute atomic E-state index is 0.128. The Morgan fingerprint density at radius 2 is 1.79 bits per heavy atom. The summed E-state index contributed by atoms with van der Waals surface area (Å²) in [6.45, 7) is 1.50. The van der Waals surface area contributed by atoms with Gasteiger partial charge >= 0.3 is 5.69 Å². The molecule has 0 unspecified atom stereocenters. The molecule has 8 nitrogen and oxygen atoms in total. The van der Waals surface area contributed by atoms with E-state index in [-0.39, 0.29) is 16.4 Å². The van der Waals surface area contributed by atoms with Crippen molar-refractivity contribution in [3.63, 3.8) is 0 Å². The van der Waals surface area contributed by atoms with Crippen molar-refractivity contribution in [2.45, 2.75) is 6.92 Å². The first-order chi connectivity index (χ1) is 13.9. The molecule has 1 aromatic heterocycles. The van der Waals surface area contributed by atoms with Crippen LogP contribution in [0.4, 0.5) is 5.69 Å². The molecular weight excluding hydrogens is 414 g/mol. The van der Waals surface area contributed by atoms with Gasteiger partial charge in [-0.1, -0.05) is 29.8 Å². The highest BCUT2D eigenvalue weighted by Crippen LogP contribution is 2.19. The van der Waals surface area contributed by atoms with Crippen molar-refractivity contribution in [2.75, 3.05) is 5.32 Å². The minimum atomic E-state index is -0.791. The molecule has 0 saturated carbocycles. The molecule has 0 radical (unpaired) electrons. The average Bonchev–Trinajstić information content (AvgIpc) is 2.68. The Hall–Kier alpha value is -3.43. The van der Waals surface area contributed by atoms with Gasteiger partial charge in [0.05, 0.1) is 11.4 Å². The van der Waals surface area contributed by atoms with E-state index in [1.54, 1.807) is 12.1 Å². The summed E-state index contributed by atoms with van der Waals surface area (Å²) in [6.07, 6.45) is 0. The predicted octanol–water partition coefficient (Wildman–Crippen LogP) is 2.60. The molecule has 29 heavy (non-hydrogen) atoms. The van der Waals surface area contributed by atoms with Gasteiger partial charge in [0, 0.05) is 10.7 Å². The van der Waals surface area contributed by atoms with Crippen LogP contribution in [-0.4, -0.2) is 25.5 Å². The second kappa shape index (κ2) is 8.72. The largest absolute Gasteiger partial charge is 0.493 e. The lowest BCUT2D eigenvalue weighted by molar-refractivity contribution is 0.429. The van der Waals surface area contributed by atoms with Gasteiger partial charge in [-0.25, -0.2) is 9.36 Å². The van der Waals surface area contributed by atoms with E-state index in [4.69, 9.17) is 23.8 Å². The number of anilines is 1. The van der Waals surface area contributed by atoms with E-state index < -0.39 is 17.1 Å². The van der Waals surface area contributed by atoms with E-state index >= 15 is 0 Å². The normalized spacial score (nSPS) is 11.2. The number of hydrazone groups is 1. The van der Waals surface area contributed by atoms with Crippen molar-refractivity contribution in [2.24, 2.45) is 5.10 Å². The summed E-state index contributed by atoms with van der Waals surface area (Å²) in [6, 6.07) is 15.4. The van der Waals surface area contributed by atoms with Gasteiger partial charge in [-0.3, -0.25) is 15.2 Å². The van der Waals surface area contributed by atoms with Crippen LogP contribution in [0.5, 0.6) is 5.88 Å². The summed E-state index contributed by atoms with van der Waals surface area (Å²) < 4.78 is 0.951. The standard InChI is InChI=1S/C19H16ClN5O3S/c1-11(23-24-18(29)21-13-5-3-2-4-6-13)15-16(26)22-19(28)25(17(15)27)14-9-7-12(20)8-10-14/h2-10,27H,1H3,(H2,21,24,29)(H,22,26,28)/b23-11+. The van der Waals surface area contributed by atoms with E-state index in [0.717, 1.165) is 10.3 Å². The molecule has 0 aliphatic carbocycles. The molecule has 10 heteroatoms.